The zero-order chi connectivity index (χ0) is 20.2. The first-order chi connectivity index (χ1) is 12.8. The predicted molar refractivity (Wildman–Crippen MR) is 100 cm³/mol. The standard InChI is InChI=1S/C17H25ClN2O7/c1-4-5-24-17-9-15(25-6-7-27-20(22)23)14(18)8-16(17)26-11-13(21)10-19-12(2)3/h4,8-9,12-13,19,21H,1,5-7,10-11H2,2-3H3. The first-order valence-electron chi connectivity index (χ1n) is 8.35. The topological polar surface area (TPSA) is 112 Å². The van der Waals surface area contributed by atoms with E-state index >= 15 is 0 Å². The SMILES string of the molecule is C=CCOc1cc(OCCO[N+](=O)[O-])c(Cl)cc1OCC(O)CNC(C)C. The fourth-order valence-electron chi connectivity index (χ4n) is 1.88. The first kappa shape index (κ1) is 22.8. The Balaban J connectivity index is 2.75. The molecule has 152 valence electrons. The molecule has 0 aliphatic rings. The van der Waals surface area contributed by atoms with Gasteiger partial charge in [0.05, 0.1) is 5.02 Å². The van der Waals surface area contributed by atoms with Crippen LogP contribution in [0, 0.1) is 10.1 Å². The number of hydrogen-bond acceptors (Lipinski definition) is 8. The molecule has 10 heteroatoms. The van der Waals surface area contributed by atoms with Gasteiger partial charge in [0, 0.05) is 24.7 Å². The third-order valence-electron chi connectivity index (χ3n) is 3.09. The Labute approximate surface area is 162 Å². The average Bonchev–Trinajstić information content (AvgIpc) is 2.61. The van der Waals surface area contributed by atoms with Gasteiger partial charge < -0.3 is 29.5 Å². The molecule has 0 amide bonds. The smallest absolute Gasteiger partial charge is 0.294 e. The summed E-state index contributed by atoms with van der Waals surface area (Å²) < 4.78 is 16.5. The summed E-state index contributed by atoms with van der Waals surface area (Å²) in [7, 11) is 0. The maximum atomic E-state index is 10.1. The molecule has 0 aliphatic heterocycles. The van der Waals surface area contributed by atoms with Crippen LogP contribution in [0.25, 0.3) is 0 Å². The number of halogens is 1. The van der Waals surface area contributed by atoms with E-state index in [9.17, 15) is 15.2 Å². The molecule has 1 unspecified atom stereocenters. The van der Waals surface area contributed by atoms with E-state index in [1.807, 2.05) is 13.8 Å². The lowest BCUT2D eigenvalue weighted by Gasteiger charge is -2.18. The molecular formula is C17H25ClN2O7. The van der Waals surface area contributed by atoms with Crippen LogP contribution in [0.15, 0.2) is 24.8 Å². The van der Waals surface area contributed by atoms with Crippen molar-refractivity contribution in [3.05, 3.63) is 39.9 Å². The molecule has 0 saturated carbocycles. The van der Waals surface area contributed by atoms with Crippen LogP contribution in [-0.4, -0.2) is 55.3 Å². The molecule has 0 aromatic heterocycles. The lowest BCUT2D eigenvalue weighted by Crippen LogP contribution is -2.35. The highest BCUT2D eigenvalue weighted by molar-refractivity contribution is 6.32. The number of benzene rings is 1. The summed E-state index contributed by atoms with van der Waals surface area (Å²) in [6.07, 6.45) is 0.847. The first-order valence-corrected chi connectivity index (χ1v) is 8.72. The van der Waals surface area contributed by atoms with Crippen molar-refractivity contribution in [2.45, 2.75) is 26.0 Å². The zero-order valence-electron chi connectivity index (χ0n) is 15.4. The number of aliphatic hydroxyl groups excluding tert-OH is 1. The van der Waals surface area contributed by atoms with Crippen molar-refractivity contribution in [2.75, 3.05) is 33.0 Å². The minimum absolute atomic E-state index is 0.0391. The number of nitrogens with one attached hydrogen (secondary N) is 1. The second kappa shape index (κ2) is 12.2. The van der Waals surface area contributed by atoms with E-state index in [-0.39, 0.29) is 43.2 Å². The van der Waals surface area contributed by atoms with Crippen molar-refractivity contribution < 1.29 is 29.2 Å². The van der Waals surface area contributed by atoms with E-state index in [1.165, 1.54) is 12.1 Å². The molecule has 1 atom stereocenters. The van der Waals surface area contributed by atoms with Gasteiger partial charge in [-0.1, -0.05) is 38.1 Å². The van der Waals surface area contributed by atoms with Crippen LogP contribution in [0.1, 0.15) is 13.8 Å². The van der Waals surface area contributed by atoms with Crippen molar-refractivity contribution >= 4 is 11.6 Å². The number of nitrogens with zero attached hydrogens (tertiary/aromatic N) is 1. The van der Waals surface area contributed by atoms with Gasteiger partial charge in [-0.05, 0) is 0 Å². The van der Waals surface area contributed by atoms with E-state index in [4.69, 9.17) is 25.8 Å². The Morgan fingerprint density at radius 2 is 1.96 bits per heavy atom. The Morgan fingerprint density at radius 3 is 2.59 bits per heavy atom. The molecule has 0 saturated heterocycles. The van der Waals surface area contributed by atoms with E-state index in [1.54, 1.807) is 6.08 Å². The van der Waals surface area contributed by atoms with Crippen LogP contribution in [0.4, 0.5) is 0 Å². The van der Waals surface area contributed by atoms with Gasteiger partial charge in [-0.3, -0.25) is 0 Å². The molecule has 1 rings (SSSR count). The Bertz CT molecular complexity index is 613. The van der Waals surface area contributed by atoms with Crippen molar-refractivity contribution in [3.63, 3.8) is 0 Å². The Kier molecular flexibility index (Phi) is 10.3. The summed E-state index contributed by atoms with van der Waals surface area (Å²) in [5.41, 5.74) is 0. The monoisotopic (exact) mass is 404 g/mol. The summed E-state index contributed by atoms with van der Waals surface area (Å²) in [4.78, 5) is 14.3. The van der Waals surface area contributed by atoms with Crippen LogP contribution in [0.3, 0.4) is 0 Å². The average molecular weight is 405 g/mol. The van der Waals surface area contributed by atoms with E-state index in [2.05, 4.69) is 16.7 Å². The summed E-state index contributed by atoms with van der Waals surface area (Å²) >= 11 is 6.16. The maximum Gasteiger partial charge on any atom is 0.294 e. The van der Waals surface area contributed by atoms with Crippen LogP contribution in [0.2, 0.25) is 5.02 Å². The highest BCUT2D eigenvalue weighted by Crippen LogP contribution is 2.38. The third-order valence-corrected chi connectivity index (χ3v) is 3.38. The van der Waals surface area contributed by atoms with Gasteiger partial charge in [0.1, 0.15) is 38.3 Å². The van der Waals surface area contributed by atoms with Gasteiger partial charge >= 0.3 is 0 Å². The molecule has 0 aliphatic carbocycles. The second-order valence-electron chi connectivity index (χ2n) is 5.76. The molecule has 0 fully saturated rings. The molecule has 27 heavy (non-hydrogen) atoms. The van der Waals surface area contributed by atoms with Crippen LogP contribution in [0.5, 0.6) is 17.2 Å². The van der Waals surface area contributed by atoms with Gasteiger partial charge in [-0.25, -0.2) is 0 Å². The summed E-state index contributed by atoms with van der Waals surface area (Å²) in [6.45, 7) is 7.87. The van der Waals surface area contributed by atoms with Crippen molar-refractivity contribution in [2.24, 2.45) is 0 Å². The molecule has 1 aromatic carbocycles. The van der Waals surface area contributed by atoms with Crippen molar-refractivity contribution in [3.8, 4) is 17.2 Å². The maximum absolute atomic E-state index is 10.1. The Morgan fingerprint density at radius 1 is 1.26 bits per heavy atom. The molecule has 0 bridgehead atoms. The largest absolute Gasteiger partial charge is 0.490 e. The lowest BCUT2D eigenvalue weighted by atomic mass is 10.3. The Hall–Kier alpha value is -2.23. The number of rotatable bonds is 14. The summed E-state index contributed by atoms with van der Waals surface area (Å²) in [5.74, 6) is 0.935. The van der Waals surface area contributed by atoms with Crippen LogP contribution in [-0.2, 0) is 4.84 Å². The molecular weight excluding hydrogens is 380 g/mol. The quantitative estimate of drug-likeness (QED) is 0.210. The summed E-state index contributed by atoms with van der Waals surface area (Å²) in [5, 5.41) is 22.5. The molecule has 1 aromatic rings. The number of aliphatic hydroxyl groups is 1. The summed E-state index contributed by atoms with van der Waals surface area (Å²) in [6, 6.07) is 3.24. The fourth-order valence-corrected chi connectivity index (χ4v) is 2.09. The highest BCUT2D eigenvalue weighted by atomic mass is 35.5. The molecule has 9 nitrogen and oxygen atoms in total. The highest BCUT2D eigenvalue weighted by Gasteiger charge is 2.14. The zero-order valence-corrected chi connectivity index (χ0v) is 16.1. The number of ether oxygens (including phenoxy) is 3. The van der Waals surface area contributed by atoms with Gasteiger partial charge in [-0.2, -0.15) is 0 Å². The molecule has 0 heterocycles. The minimum Gasteiger partial charge on any atom is -0.490 e. The van der Waals surface area contributed by atoms with E-state index < -0.39 is 11.2 Å². The van der Waals surface area contributed by atoms with Gasteiger partial charge in [0.15, 0.2) is 11.5 Å². The number of hydrogen-bond donors (Lipinski definition) is 2. The van der Waals surface area contributed by atoms with Crippen molar-refractivity contribution in [1.29, 1.82) is 0 Å². The fraction of sp³-hybridized carbons (Fsp3) is 0.529. The van der Waals surface area contributed by atoms with Crippen molar-refractivity contribution in [1.82, 2.24) is 5.32 Å². The van der Waals surface area contributed by atoms with Gasteiger partial charge in [0.2, 0.25) is 0 Å². The molecule has 0 radical (unpaired) electrons. The molecule has 2 N–H and O–H groups in total. The third kappa shape index (κ3) is 9.32. The van der Waals surface area contributed by atoms with Crippen LogP contribution >= 0.6 is 11.6 Å². The van der Waals surface area contributed by atoms with Crippen LogP contribution < -0.4 is 19.5 Å². The molecule has 0 spiro atoms. The van der Waals surface area contributed by atoms with E-state index in [0.29, 0.717) is 18.0 Å². The predicted octanol–water partition coefficient (Wildman–Crippen LogP) is 2.23. The second-order valence-corrected chi connectivity index (χ2v) is 6.17. The normalized spacial score (nSPS) is 11.7. The van der Waals surface area contributed by atoms with Gasteiger partial charge in [0.25, 0.3) is 5.09 Å². The lowest BCUT2D eigenvalue weighted by molar-refractivity contribution is -0.757. The van der Waals surface area contributed by atoms with Gasteiger partial charge in [-0.15, -0.1) is 10.1 Å². The minimum atomic E-state index is -0.903. The van der Waals surface area contributed by atoms with E-state index in [0.717, 1.165) is 0 Å².